The number of rotatable bonds is 4. The first-order valence-electron chi connectivity index (χ1n) is 8.71. The summed E-state index contributed by atoms with van der Waals surface area (Å²) in [4.78, 5) is 12.2. The number of hydrazone groups is 1. The van der Waals surface area contributed by atoms with Crippen LogP contribution in [-0.2, 0) is 10.2 Å². The zero-order valence-corrected chi connectivity index (χ0v) is 15.2. The number of carbonyl (C=O) groups is 1. The maximum atomic E-state index is 12.2. The molecule has 2 atom stereocenters. The zero-order valence-electron chi connectivity index (χ0n) is 15.2. The maximum absolute atomic E-state index is 12.2. The molecule has 0 bridgehead atoms. The fraction of sp³-hybridized carbons (Fsp3) is 0.333. The van der Waals surface area contributed by atoms with Crippen LogP contribution in [0, 0.1) is 5.92 Å². The number of nitrogens with one attached hydrogen (secondary N) is 1. The van der Waals surface area contributed by atoms with Crippen molar-refractivity contribution in [3.05, 3.63) is 59.2 Å². The van der Waals surface area contributed by atoms with Gasteiger partial charge < -0.3 is 10.2 Å². The van der Waals surface area contributed by atoms with E-state index in [2.05, 4.69) is 55.6 Å². The van der Waals surface area contributed by atoms with Crippen LogP contribution in [0.2, 0.25) is 0 Å². The van der Waals surface area contributed by atoms with Gasteiger partial charge in [-0.2, -0.15) is 5.10 Å². The minimum Gasteiger partial charge on any atom is -0.504 e. The van der Waals surface area contributed by atoms with Crippen molar-refractivity contribution in [3.8, 4) is 11.5 Å². The normalized spacial score (nSPS) is 19.5. The Bertz CT molecular complexity index is 835. The minimum absolute atomic E-state index is 0.0548. The van der Waals surface area contributed by atoms with E-state index in [4.69, 9.17) is 0 Å². The van der Waals surface area contributed by atoms with Crippen molar-refractivity contribution < 1.29 is 15.0 Å². The molecule has 2 aromatic rings. The lowest BCUT2D eigenvalue weighted by atomic mass is 9.86. The predicted molar refractivity (Wildman–Crippen MR) is 101 cm³/mol. The summed E-state index contributed by atoms with van der Waals surface area (Å²) in [5.74, 6) is -0.322. The van der Waals surface area contributed by atoms with Crippen molar-refractivity contribution in [1.82, 2.24) is 5.43 Å². The molecule has 3 rings (SSSR count). The van der Waals surface area contributed by atoms with Gasteiger partial charge in [-0.15, -0.1) is 0 Å². The summed E-state index contributed by atoms with van der Waals surface area (Å²) in [6, 6.07) is 12.8. The third kappa shape index (κ3) is 4.04. The van der Waals surface area contributed by atoms with Crippen LogP contribution in [0.15, 0.2) is 47.6 Å². The van der Waals surface area contributed by atoms with Gasteiger partial charge in [0.15, 0.2) is 11.5 Å². The largest absolute Gasteiger partial charge is 0.504 e. The molecule has 5 nitrogen and oxygen atoms in total. The molecule has 1 aliphatic carbocycles. The molecule has 1 saturated carbocycles. The smallest absolute Gasteiger partial charge is 0.243 e. The minimum atomic E-state index is -0.221. The van der Waals surface area contributed by atoms with Crippen LogP contribution < -0.4 is 5.43 Å². The fourth-order valence-electron chi connectivity index (χ4n) is 2.96. The molecule has 0 aliphatic heterocycles. The van der Waals surface area contributed by atoms with Crippen molar-refractivity contribution in [3.63, 3.8) is 0 Å². The van der Waals surface area contributed by atoms with E-state index in [9.17, 15) is 15.0 Å². The van der Waals surface area contributed by atoms with E-state index in [-0.39, 0.29) is 34.7 Å². The molecule has 5 heteroatoms. The van der Waals surface area contributed by atoms with E-state index < -0.39 is 0 Å². The fourth-order valence-corrected chi connectivity index (χ4v) is 2.96. The van der Waals surface area contributed by atoms with Crippen molar-refractivity contribution in [1.29, 1.82) is 0 Å². The molecule has 0 heterocycles. The molecule has 1 fully saturated rings. The van der Waals surface area contributed by atoms with Crippen LogP contribution in [0.3, 0.4) is 0 Å². The molecule has 0 unspecified atom stereocenters. The lowest BCUT2D eigenvalue weighted by Gasteiger charge is -2.19. The number of hydrogen-bond donors (Lipinski definition) is 3. The standard InChI is InChI=1S/C21H24N2O3/c1-21(2,3)15-7-5-14(6-8-15)16-11-17(16)20(26)23-22-12-13-4-9-18(24)19(25)10-13/h4-10,12,16-17,24-25H,11H2,1-3H3,(H,23,26)/b22-12+/t16-,17+/m0/s1. The number of aromatic hydroxyl groups is 2. The van der Waals surface area contributed by atoms with Crippen LogP contribution in [0.5, 0.6) is 11.5 Å². The maximum Gasteiger partial charge on any atom is 0.243 e. The van der Waals surface area contributed by atoms with Crippen LogP contribution >= 0.6 is 0 Å². The summed E-state index contributed by atoms with van der Waals surface area (Å²) >= 11 is 0. The molecule has 0 spiro atoms. The van der Waals surface area contributed by atoms with E-state index in [1.807, 2.05) is 0 Å². The average molecular weight is 352 g/mol. The van der Waals surface area contributed by atoms with Gasteiger partial charge in [0, 0.05) is 5.92 Å². The first-order chi connectivity index (χ1) is 12.3. The van der Waals surface area contributed by atoms with Gasteiger partial charge in [0.1, 0.15) is 0 Å². The Kier molecular flexibility index (Phi) is 4.72. The van der Waals surface area contributed by atoms with Gasteiger partial charge in [0.2, 0.25) is 5.91 Å². The first kappa shape index (κ1) is 18.0. The van der Waals surface area contributed by atoms with Crippen LogP contribution in [0.4, 0.5) is 0 Å². The Morgan fingerprint density at radius 2 is 1.81 bits per heavy atom. The van der Waals surface area contributed by atoms with E-state index in [0.29, 0.717) is 5.56 Å². The SMILES string of the molecule is CC(C)(C)c1ccc([C@@H]2C[C@H]2C(=O)N/N=C/c2ccc(O)c(O)c2)cc1. The lowest BCUT2D eigenvalue weighted by Crippen LogP contribution is -2.20. The van der Waals surface area contributed by atoms with Crippen molar-refractivity contribution in [2.24, 2.45) is 11.0 Å². The summed E-state index contributed by atoms with van der Waals surface area (Å²) < 4.78 is 0. The van der Waals surface area contributed by atoms with Crippen molar-refractivity contribution in [2.75, 3.05) is 0 Å². The lowest BCUT2D eigenvalue weighted by molar-refractivity contribution is -0.122. The second kappa shape index (κ2) is 6.83. The quantitative estimate of drug-likeness (QED) is 0.446. The van der Waals surface area contributed by atoms with Gasteiger partial charge >= 0.3 is 0 Å². The Hall–Kier alpha value is -2.82. The Balaban J connectivity index is 1.55. The van der Waals surface area contributed by atoms with E-state index in [0.717, 1.165) is 6.42 Å². The van der Waals surface area contributed by atoms with Crippen LogP contribution in [-0.4, -0.2) is 22.3 Å². The van der Waals surface area contributed by atoms with E-state index in [1.165, 1.54) is 29.5 Å². The third-order valence-electron chi connectivity index (χ3n) is 4.72. The first-order valence-corrected chi connectivity index (χ1v) is 8.71. The molecular formula is C21H24N2O3. The van der Waals surface area contributed by atoms with Crippen LogP contribution in [0.1, 0.15) is 49.8 Å². The van der Waals surface area contributed by atoms with E-state index >= 15 is 0 Å². The number of amides is 1. The molecule has 3 N–H and O–H groups in total. The Labute approximate surface area is 153 Å². The second-order valence-electron chi connectivity index (χ2n) is 7.80. The molecule has 1 aliphatic rings. The monoisotopic (exact) mass is 352 g/mol. The van der Waals surface area contributed by atoms with Crippen molar-refractivity contribution >= 4 is 12.1 Å². The molecule has 0 saturated heterocycles. The predicted octanol–water partition coefficient (Wildman–Crippen LogP) is 3.65. The molecule has 1 amide bonds. The van der Waals surface area contributed by atoms with Gasteiger partial charge in [0.05, 0.1) is 6.21 Å². The highest BCUT2D eigenvalue weighted by Crippen LogP contribution is 2.47. The summed E-state index contributed by atoms with van der Waals surface area (Å²) in [6.07, 6.45) is 2.27. The summed E-state index contributed by atoms with van der Waals surface area (Å²) in [5.41, 5.74) is 5.73. The molecule has 0 radical (unpaired) electrons. The Morgan fingerprint density at radius 1 is 1.12 bits per heavy atom. The third-order valence-corrected chi connectivity index (χ3v) is 4.72. The highest BCUT2D eigenvalue weighted by molar-refractivity contribution is 5.86. The van der Waals surface area contributed by atoms with Gasteiger partial charge in [0.25, 0.3) is 0 Å². The molecule has 2 aromatic carbocycles. The number of hydrogen-bond acceptors (Lipinski definition) is 4. The molecule has 26 heavy (non-hydrogen) atoms. The number of nitrogens with zero attached hydrogens (tertiary/aromatic N) is 1. The molecule has 0 aromatic heterocycles. The Morgan fingerprint density at radius 3 is 2.42 bits per heavy atom. The summed E-state index contributed by atoms with van der Waals surface area (Å²) in [6.45, 7) is 6.55. The zero-order chi connectivity index (χ0) is 18.9. The summed E-state index contributed by atoms with van der Waals surface area (Å²) in [5, 5.41) is 22.6. The highest BCUT2D eigenvalue weighted by atomic mass is 16.3. The number of carbonyl (C=O) groups excluding carboxylic acids is 1. The molecule has 136 valence electrons. The number of phenolic OH excluding ortho intramolecular Hbond substituents is 2. The van der Waals surface area contributed by atoms with Gasteiger partial charge in [-0.25, -0.2) is 5.43 Å². The van der Waals surface area contributed by atoms with E-state index in [1.54, 1.807) is 6.07 Å². The van der Waals surface area contributed by atoms with Crippen molar-refractivity contribution in [2.45, 2.75) is 38.5 Å². The highest BCUT2D eigenvalue weighted by Gasteiger charge is 2.43. The number of phenols is 2. The number of benzene rings is 2. The second-order valence-corrected chi connectivity index (χ2v) is 7.80. The van der Waals surface area contributed by atoms with Gasteiger partial charge in [-0.3, -0.25) is 4.79 Å². The topological polar surface area (TPSA) is 81.9 Å². The summed E-state index contributed by atoms with van der Waals surface area (Å²) in [7, 11) is 0. The van der Waals surface area contributed by atoms with Gasteiger partial charge in [-0.05, 0) is 52.6 Å². The average Bonchev–Trinajstić information content (AvgIpc) is 3.38. The van der Waals surface area contributed by atoms with Gasteiger partial charge in [-0.1, -0.05) is 45.0 Å². The van der Waals surface area contributed by atoms with Crippen LogP contribution in [0.25, 0.3) is 0 Å². The molecular weight excluding hydrogens is 328 g/mol.